The molecular formula is C17H25N3O2S. The van der Waals surface area contributed by atoms with Crippen LogP contribution in [0.25, 0.3) is 0 Å². The van der Waals surface area contributed by atoms with Gasteiger partial charge in [0.1, 0.15) is 0 Å². The third kappa shape index (κ3) is 3.58. The molecule has 1 aromatic rings. The molecule has 0 bridgehead atoms. The first-order chi connectivity index (χ1) is 11.0. The maximum absolute atomic E-state index is 12.3. The molecule has 1 atom stereocenters. The summed E-state index contributed by atoms with van der Waals surface area (Å²) in [6.45, 7) is 9.30. The van der Waals surface area contributed by atoms with E-state index in [9.17, 15) is 9.59 Å². The normalized spacial score (nSPS) is 26.1. The van der Waals surface area contributed by atoms with E-state index in [0.717, 1.165) is 39.3 Å². The van der Waals surface area contributed by atoms with Gasteiger partial charge in [0.05, 0.1) is 0 Å². The quantitative estimate of drug-likeness (QED) is 0.844. The molecule has 0 radical (unpaired) electrons. The third-order valence-corrected chi connectivity index (χ3v) is 5.72. The van der Waals surface area contributed by atoms with Gasteiger partial charge < -0.3 is 9.80 Å². The van der Waals surface area contributed by atoms with Gasteiger partial charge in [-0.05, 0) is 29.3 Å². The number of carbonyl (C=O) groups is 2. The van der Waals surface area contributed by atoms with Crippen molar-refractivity contribution in [3.8, 4) is 0 Å². The second-order valence-electron chi connectivity index (χ2n) is 6.87. The first-order valence-corrected chi connectivity index (χ1v) is 9.22. The van der Waals surface area contributed by atoms with Crippen molar-refractivity contribution in [2.24, 2.45) is 5.41 Å². The smallest absolute Gasteiger partial charge is 0.223 e. The molecule has 1 unspecified atom stereocenters. The molecule has 2 saturated heterocycles. The highest BCUT2D eigenvalue weighted by molar-refractivity contribution is 7.07. The SMILES string of the molecule is CCN1CC2(CC1=O)CN(Cc1ccsc1)CCN(C(C)=O)C2. The van der Waals surface area contributed by atoms with Crippen LogP contribution in [-0.4, -0.2) is 65.8 Å². The van der Waals surface area contributed by atoms with Crippen molar-refractivity contribution >= 4 is 23.2 Å². The van der Waals surface area contributed by atoms with Crippen molar-refractivity contribution in [2.45, 2.75) is 26.8 Å². The Kier molecular flexibility index (Phi) is 4.73. The fraction of sp³-hybridized carbons (Fsp3) is 0.647. The van der Waals surface area contributed by atoms with Gasteiger partial charge in [0.2, 0.25) is 11.8 Å². The monoisotopic (exact) mass is 335 g/mol. The Morgan fingerprint density at radius 3 is 2.74 bits per heavy atom. The summed E-state index contributed by atoms with van der Waals surface area (Å²) in [7, 11) is 0. The third-order valence-electron chi connectivity index (χ3n) is 4.99. The van der Waals surface area contributed by atoms with Crippen LogP contribution in [0.5, 0.6) is 0 Å². The van der Waals surface area contributed by atoms with Crippen molar-refractivity contribution in [1.29, 1.82) is 0 Å². The van der Waals surface area contributed by atoms with Gasteiger partial charge in [0, 0.05) is 64.6 Å². The molecule has 2 fully saturated rings. The molecule has 2 aliphatic heterocycles. The Bertz CT molecular complexity index is 574. The average Bonchev–Trinajstić information content (AvgIpc) is 3.06. The number of nitrogens with zero attached hydrogens (tertiary/aromatic N) is 3. The highest BCUT2D eigenvalue weighted by Gasteiger charge is 2.46. The van der Waals surface area contributed by atoms with E-state index in [1.807, 2.05) is 16.7 Å². The topological polar surface area (TPSA) is 43.9 Å². The minimum Gasteiger partial charge on any atom is -0.342 e. The first kappa shape index (κ1) is 16.5. The van der Waals surface area contributed by atoms with Gasteiger partial charge in [-0.2, -0.15) is 11.3 Å². The first-order valence-electron chi connectivity index (χ1n) is 8.28. The zero-order valence-corrected chi connectivity index (χ0v) is 14.8. The molecule has 0 N–H and O–H groups in total. The van der Waals surface area contributed by atoms with Crippen molar-refractivity contribution in [3.05, 3.63) is 22.4 Å². The number of amides is 2. The Hall–Kier alpha value is -1.40. The van der Waals surface area contributed by atoms with E-state index in [0.29, 0.717) is 13.0 Å². The van der Waals surface area contributed by atoms with Crippen LogP contribution in [0.4, 0.5) is 0 Å². The van der Waals surface area contributed by atoms with Gasteiger partial charge in [-0.25, -0.2) is 0 Å². The van der Waals surface area contributed by atoms with Crippen LogP contribution in [0, 0.1) is 5.41 Å². The van der Waals surface area contributed by atoms with Gasteiger partial charge in [-0.1, -0.05) is 0 Å². The summed E-state index contributed by atoms with van der Waals surface area (Å²) in [5.41, 5.74) is 1.20. The van der Waals surface area contributed by atoms with E-state index >= 15 is 0 Å². The van der Waals surface area contributed by atoms with Gasteiger partial charge in [0.15, 0.2) is 0 Å². The summed E-state index contributed by atoms with van der Waals surface area (Å²) in [6.07, 6.45) is 0.560. The van der Waals surface area contributed by atoms with E-state index in [4.69, 9.17) is 0 Å². The molecule has 126 valence electrons. The molecule has 2 aliphatic rings. The van der Waals surface area contributed by atoms with E-state index in [1.54, 1.807) is 18.3 Å². The largest absolute Gasteiger partial charge is 0.342 e. The van der Waals surface area contributed by atoms with Crippen LogP contribution < -0.4 is 0 Å². The molecular weight excluding hydrogens is 310 g/mol. The minimum absolute atomic E-state index is 0.115. The summed E-state index contributed by atoms with van der Waals surface area (Å²) in [5, 5.41) is 4.28. The standard InChI is InChI=1S/C17H25N3O2S/c1-3-19-12-17(8-16(19)22)11-18(9-15-4-7-23-10-15)5-6-20(13-17)14(2)21/h4,7,10H,3,5-6,8-9,11-13H2,1-2H3. The van der Waals surface area contributed by atoms with E-state index in [1.165, 1.54) is 5.56 Å². The lowest BCUT2D eigenvalue weighted by Gasteiger charge is -2.33. The summed E-state index contributed by atoms with van der Waals surface area (Å²) in [4.78, 5) is 30.5. The molecule has 2 amide bonds. The number of hydrogen-bond donors (Lipinski definition) is 0. The number of thiophene rings is 1. The molecule has 0 aromatic carbocycles. The summed E-state index contributed by atoms with van der Waals surface area (Å²) in [6, 6.07) is 2.16. The Morgan fingerprint density at radius 1 is 1.30 bits per heavy atom. The molecule has 6 heteroatoms. The van der Waals surface area contributed by atoms with E-state index in [2.05, 4.69) is 21.7 Å². The molecule has 5 nitrogen and oxygen atoms in total. The zero-order chi connectivity index (χ0) is 16.4. The molecule has 3 heterocycles. The van der Waals surface area contributed by atoms with E-state index < -0.39 is 0 Å². The summed E-state index contributed by atoms with van der Waals surface area (Å²) >= 11 is 1.71. The molecule has 3 rings (SSSR count). The highest BCUT2D eigenvalue weighted by Crippen LogP contribution is 2.35. The van der Waals surface area contributed by atoms with Crippen molar-refractivity contribution < 1.29 is 9.59 Å². The summed E-state index contributed by atoms with van der Waals surface area (Å²) in [5.74, 6) is 0.345. The Labute approximate surface area is 141 Å². The van der Waals surface area contributed by atoms with Gasteiger partial charge in [0.25, 0.3) is 0 Å². The molecule has 0 saturated carbocycles. The predicted octanol–water partition coefficient (Wildman–Crippen LogP) is 1.65. The van der Waals surface area contributed by atoms with Crippen molar-refractivity contribution in [2.75, 3.05) is 39.3 Å². The van der Waals surface area contributed by atoms with Crippen molar-refractivity contribution in [3.63, 3.8) is 0 Å². The van der Waals surface area contributed by atoms with Gasteiger partial charge >= 0.3 is 0 Å². The Balaban J connectivity index is 1.80. The lowest BCUT2D eigenvalue weighted by Crippen LogP contribution is -2.43. The number of carbonyl (C=O) groups excluding carboxylic acids is 2. The molecule has 1 spiro atoms. The maximum Gasteiger partial charge on any atom is 0.223 e. The second kappa shape index (κ2) is 6.61. The van der Waals surface area contributed by atoms with Crippen LogP contribution in [0.1, 0.15) is 25.8 Å². The second-order valence-corrected chi connectivity index (χ2v) is 7.65. The lowest BCUT2D eigenvalue weighted by atomic mass is 9.86. The van der Waals surface area contributed by atoms with Crippen LogP contribution in [0.15, 0.2) is 16.8 Å². The van der Waals surface area contributed by atoms with E-state index in [-0.39, 0.29) is 17.2 Å². The maximum atomic E-state index is 12.3. The molecule has 0 aliphatic carbocycles. The van der Waals surface area contributed by atoms with Crippen LogP contribution >= 0.6 is 11.3 Å². The van der Waals surface area contributed by atoms with Crippen LogP contribution in [-0.2, 0) is 16.1 Å². The molecule has 23 heavy (non-hydrogen) atoms. The fourth-order valence-corrected chi connectivity index (χ4v) is 4.54. The van der Waals surface area contributed by atoms with Crippen LogP contribution in [0.2, 0.25) is 0 Å². The fourth-order valence-electron chi connectivity index (χ4n) is 3.88. The van der Waals surface area contributed by atoms with Crippen LogP contribution in [0.3, 0.4) is 0 Å². The van der Waals surface area contributed by atoms with Crippen molar-refractivity contribution in [1.82, 2.24) is 14.7 Å². The number of hydrogen-bond acceptors (Lipinski definition) is 4. The average molecular weight is 335 g/mol. The minimum atomic E-state index is -0.120. The number of rotatable bonds is 3. The van der Waals surface area contributed by atoms with Gasteiger partial charge in [-0.15, -0.1) is 0 Å². The van der Waals surface area contributed by atoms with Gasteiger partial charge in [-0.3, -0.25) is 14.5 Å². The summed E-state index contributed by atoms with van der Waals surface area (Å²) < 4.78 is 0. The Morgan fingerprint density at radius 2 is 2.13 bits per heavy atom. The zero-order valence-electron chi connectivity index (χ0n) is 14.0. The number of likely N-dealkylation sites (tertiary alicyclic amines) is 1. The lowest BCUT2D eigenvalue weighted by molar-refractivity contribution is -0.130. The highest BCUT2D eigenvalue weighted by atomic mass is 32.1. The predicted molar refractivity (Wildman–Crippen MR) is 91.2 cm³/mol. The molecule has 1 aromatic heterocycles.